The maximum absolute atomic E-state index is 11.6. The predicted molar refractivity (Wildman–Crippen MR) is 69.1 cm³/mol. The average Bonchev–Trinajstić information content (AvgIpc) is 2.97. The molecule has 2 rings (SSSR count). The summed E-state index contributed by atoms with van der Waals surface area (Å²) >= 11 is 0. The molecule has 0 radical (unpaired) electrons. The van der Waals surface area contributed by atoms with Crippen LogP contribution >= 0.6 is 0 Å². The first-order chi connectivity index (χ1) is 9.45. The molecule has 20 heavy (non-hydrogen) atoms. The van der Waals surface area contributed by atoms with Crippen LogP contribution in [0.1, 0.15) is 32.1 Å². The van der Waals surface area contributed by atoms with Crippen LogP contribution in [0.25, 0.3) is 0 Å². The second kappa shape index (κ2) is 6.11. The molecule has 0 aromatic carbocycles. The number of carboxylic acids is 2. The van der Waals surface area contributed by atoms with Crippen molar-refractivity contribution in [2.45, 2.75) is 38.1 Å². The molecular formula is C13H20N2O5. The normalized spacial score (nSPS) is 28.9. The quantitative estimate of drug-likeness (QED) is 0.571. The van der Waals surface area contributed by atoms with Gasteiger partial charge in [-0.15, -0.1) is 0 Å². The lowest BCUT2D eigenvalue weighted by atomic mass is 9.89. The number of carbonyl (C=O) groups is 3. The zero-order valence-corrected chi connectivity index (χ0v) is 11.2. The van der Waals surface area contributed by atoms with Gasteiger partial charge in [-0.1, -0.05) is 6.42 Å². The number of hydrogen-bond donors (Lipinski definition) is 4. The Morgan fingerprint density at radius 1 is 1.15 bits per heavy atom. The monoisotopic (exact) mass is 284 g/mol. The molecular weight excluding hydrogens is 264 g/mol. The molecule has 2 fully saturated rings. The minimum Gasteiger partial charge on any atom is -0.481 e. The molecule has 4 atom stereocenters. The Morgan fingerprint density at radius 3 is 2.40 bits per heavy atom. The van der Waals surface area contributed by atoms with Crippen LogP contribution in [-0.2, 0) is 9.59 Å². The predicted octanol–water partition coefficient (Wildman–Crippen LogP) is 0.650. The second-order valence-corrected chi connectivity index (χ2v) is 5.78. The minimum atomic E-state index is -1.40. The van der Waals surface area contributed by atoms with E-state index in [2.05, 4.69) is 10.6 Å². The van der Waals surface area contributed by atoms with Crippen LogP contribution in [0.15, 0.2) is 0 Å². The summed E-state index contributed by atoms with van der Waals surface area (Å²) in [6.07, 6.45) is 4.24. The Hall–Kier alpha value is -1.79. The van der Waals surface area contributed by atoms with E-state index < -0.39 is 30.4 Å². The topological polar surface area (TPSA) is 116 Å². The van der Waals surface area contributed by atoms with E-state index >= 15 is 0 Å². The maximum Gasteiger partial charge on any atom is 0.326 e. The zero-order chi connectivity index (χ0) is 14.7. The molecule has 2 bridgehead atoms. The van der Waals surface area contributed by atoms with Gasteiger partial charge in [0.2, 0.25) is 0 Å². The highest BCUT2D eigenvalue weighted by Gasteiger charge is 2.39. The van der Waals surface area contributed by atoms with Crippen molar-refractivity contribution in [2.24, 2.45) is 17.8 Å². The van der Waals surface area contributed by atoms with Gasteiger partial charge in [-0.05, 0) is 37.0 Å². The number of rotatable bonds is 6. The van der Waals surface area contributed by atoms with Crippen molar-refractivity contribution in [1.82, 2.24) is 10.6 Å². The van der Waals surface area contributed by atoms with Crippen LogP contribution in [0.5, 0.6) is 0 Å². The molecule has 0 aromatic rings. The van der Waals surface area contributed by atoms with Crippen molar-refractivity contribution >= 4 is 18.0 Å². The SMILES string of the molecule is O=C(O)C[C@@H](NC(=O)NCC1CC2CCC1C2)C(=O)O. The van der Waals surface area contributed by atoms with Crippen LogP contribution < -0.4 is 10.6 Å². The van der Waals surface area contributed by atoms with Gasteiger partial charge in [0.25, 0.3) is 0 Å². The van der Waals surface area contributed by atoms with Crippen LogP contribution in [-0.4, -0.2) is 40.8 Å². The van der Waals surface area contributed by atoms with E-state index in [4.69, 9.17) is 10.2 Å². The van der Waals surface area contributed by atoms with Crippen LogP contribution in [0, 0.1) is 17.8 Å². The zero-order valence-electron chi connectivity index (χ0n) is 11.2. The lowest BCUT2D eigenvalue weighted by Crippen LogP contribution is -2.48. The van der Waals surface area contributed by atoms with E-state index in [0.717, 1.165) is 12.3 Å². The van der Waals surface area contributed by atoms with Gasteiger partial charge < -0.3 is 20.8 Å². The Balaban J connectivity index is 1.74. The summed E-state index contributed by atoms with van der Waals surface area (Å²) in [4.78, 5) is 33.0. The third-order valence-corrected chi connectivity index (χ3v) is 4.39. The van der Waals surface area contributed by atoms with Gasteiger partial charge in [0.15, 0.2) is 0 Å². The number of fused-ring (bicyclic) bond motifs is 2. The molecule has 2 aliphatic rings. The van der Waals surface area contributed by atoms with E-state index in [1.165, 1.54) is 19.3 Å². The van der Waals surface area contributed by atoms with Gasteiger partial charge in [0.05, 0.1) is 6.42 Å². The van der Waals surface area contributed by atoms with Gasteiger partial charge in [-0.3, -0.25) is 4.79 Å². The number of urea groups is 1. The molecule has 0 saturated heterocycles. The van der Waals surface area contributed by atoms with Crippen LogP contribution in [0.3, 0.4) is 0 Å². The first-order valence-corrected chi connectivity index (χ1v) is 6.94. The summed E-state index contributed by atoms with van der Waals surface area (Å²) in [5.41, 5.74) is 0. The highest BCUT2D eigenvalue weighted by molar-refractivity contribution is 5.86. The van der Waals surface area contributed by atoms with Gasteiger partial charge in [-0.25, -0.2) is 9.59 Å². The van der Waals surface area contributed by atoms with E-state index in [0.29, 0.717) is 18.4 Å². The number of nitrogens with one attached hydrogen (secondary N) is 2. The molecule has 7 nitrogen and oxygen atoms in total. The average molecular weight is 284 g/mol. The van der Waals surface area contributed by atoms with E-state index in [-0.39, 0.29) is 0 Å². The summed E-state index contributed by atoms with van der Waals surface area (Å²) < 4.78 is 0. The van der Waals surface area contributed by atoms with E-state index in [1.807, 2.05) is 0 Å². The van der Waals surface area contributed by atoms with Crippen molar-refractivity contribution in [3.8, 4) is 0 Å². The molecule has 4 N–H and O–H groups in total. The lowest BCUT2D eigenvalue weighted by Gasteiger charge is -2.22. The molecule has 7 heteroatoms. The Bertz CT molecular complexity index is 412. The van der Waals surface area contributed by atoms with Gasteiger partial charge >= 0.3 is 18.0 Å². The van der Waals surface area contributed by atoms with Gasteiger partial charge in [0.1, 0.15) is 6.04 Å². The van der Waals surface area contributed by atoms with Crippen molar-refractivity contribution in [3.63, 3.8) is 0 Å². The van der Waals surface area contributed by atoms with E-state index in [9.17, 15) is 14.4 Å². The summed E-state index contributed by atoms with van der Waals surface area (Å²) in [5.74, 6) is -0.668. The molecule has 112 valence electrons. The van der Waals surface area contributed by atoms with Gasteiger partial charge in [-0.2, -0.15) is 0 Å². The molecule has 2 saturated carbocycles. The number of carbonyl (C=O) groups excluding carboxylic acids is 1. The van der Waals surface area contributed by atoms with Crippen molar-refractivity contribution in [2.75, 3.05) is 6.54 Å². The first-order valence-electron chi connectivity index (χ1n) is 6.94. The largest absolute Gasteiger partial charge is 0.481 e. The van der Waals surface area contributed by atoms with Crippen molar-refractivity contribution in [3.05, 3.63) is 0 Å². The number of amides is 2. The fourth-order valence-electron chi connectivity index (χ4n) is 3.43. The van der Waals surface area contributed by atoms with Gasteiger partial charge in [0, 0.05) is 6.54 Å². The summed E-state index contributed by atoms with van der Waals surface area (Å²) in [6, 6.07) is -2.01. The fourth-order valence-corrected chi connectivity index (χ4v) is 3.43. The fraction of sp³-hybridized carbons (Fsp3) is 0.769. The summed E-state index contributed by atoms with van der Waals surface area (Å²) in [6.45, 7) is 0.534. The third-order valence-electron chi connectivity index (χ3n) is 4.39. The van der Waals surface area contributed by atoms with Crippen molar-refractivity contribution in [1.29, 1.82) is 0 Å². The lowest BCUT2D eigenvalue weighted by molar-refractivity contribution is -0.145. The number of aliphatic carboxylic acids is 2. The van der Waals surface area contributed by atoms with E-state index in [1.54, 1.807) is 0 Å². The standard InChI is InChI=1S/C13H20N2O5/c16-11(17)5-10(12(18)19)15-13(20)14-6-9-4-7-1-2-8(9)3-7/h7-10H,1-6H2,(H,16,17)(H,18,19)(H2,14,15,20)/t7?,8?,9?,10-/m1/s1. The molecule has 0 heterocycles. The smallest absolute Gasteiger partial charge is 0.326 e. The molecule has 2 amide bonds. The van der Waals surface area contributed by atoms with Crippen LogP contribution in [0.4, 0.5) is 4.79 Å². The highest BCUT2D eigenvalue weighted by Crippen LogP contribution is 2.47. The van der Waals surface area contributed by atoms with Crippen LogP contribution in [0.2, 0.25) is 0 Å². The Kier molecular flexibility index (Phi) is 4.46. The Labute approximate surface area is 116 Å². The summed E-state index contributed by atoms with van der Waals surface area (Å²) in [5, 5.41) is 22.3. The third kappa shape index (κ3) is 3.61. The first kappa shape index (κ1) is 14.6. The Morgan fingerprint density at radius 2 is 1.90 bits per heavy atom. The maximum atomic E-state index is 11.6. The second-order valence-electron chi connectivity index (χ2n) is 5.78. The molecule has 0 spiro atoms. The van der Waals surface area contributed by atoms with Crippen molar-refractivity contribution < 1.29 is 24.6 Å². The number of hydrogen-bond acceptors (Lipinski definition) is 3. The minimum absolute atomic E-state index is 0.474. The number of carboxylic acid groups (broad SMARTS) is 2. The highest BCUT2D eigenvalue weighted by atomic mass is 16.4. The molecule has 0 aromatic heterocycles. The molecule has 2 aliphatic carbocycles. The summed E-state index contributed by atoms with van der Waals surface area (Å²) in [7, 11) is 0. The molecule has 0 aliphatic heterocycles. The molecule has 3 unspecified atom stereocenters.